The molecule has 0 aromatic heterocycles. The molecule has 0 saturated heterocycles. The third-order valence-corrected chi connectivity index (χ3v) is 13.4. The van der Waals surface area contributed by atoms with Crippen LogP contribution in [0.1, 0.15) is 310 Å². The van der Waals surface area contributed by atoms with Crippen LogP contribution in [0.2, 0.25) is 0 Å². The lowest BCUT2D eigenvalue weighted by molar-refractivity contribution is -0.167. The number of esters is 3. The quantitative estimate of drug-likeness (QED) is 0.0261. The van der Waals surface area contributed by atoms with E-state index in [1.54, 1.807) is 0 Å². The Morgan fingerprint density at radius 1 is 0.292 bits per heavy atom. The number of rotatable bonds is 56. The fourth-order valence-corrected chi connectivity index (χ4v) is 8.82. The van der Waals surface area contributed by atoms with Crippen LogP contribution < -0.4 is 0 Å². The van der Waals surface area contributed by atoms with Gasteiger partial charge >= 0.3 is 17.9 Å². The molecule has 0 heterocycles. The molecule has 0 aromatic rings. The van der Waals surface area contributed by atoms with E-state index in [0.717, 1.165) is 96.3 Å². The van der Waals surface area contributed by atoms with Gasteiger partial charge in [0.1, 0.15) is 13.2 Å². The Balaban J connectivity index is 4.42. The van der Waals surface area contributed by atoms with Crippen molar-refractivity contribution in [1.82, 2.24) is 0 Å². The van der Waals surface area contributed by atoms with E-state index in [0.29, 0.717) is 19.3 Å². The van der Waals surface area contributed by atoms with E-state index in [4.69, 9.17) is 14.2 Å². The first kappa shape index (κ1) is 68.8. The van der Waals surface area contributed by atoms with E-state index in [1.807, 2.05) is 0 Å². The van der Waals surface area contributed by atoms with Crippen molar-refractivity contribution in [3.63, 3.8) is 0 Å². The van der Waals surface area contributed by atoms with E-state index in [2.05, 4.69) is 93.7 Å². The zero-order chi connectivity index (χ0) is 52.2. The van der Waals surface area contributed by atoms with Crippen molar-refractivity contribution in [3.05, 3.63) is 72.9 Å². The van der Waals surface area contributed by atoms with Crippen LogP contribution in [0.25, 0.3) is 0 Å². The number of unbranched alkanes of at least 4 members (excludes halogenated alkanes) is 33. The summed E-state index contributed by atoms with van der Waals surface area (Å²) in [6, 6.07) is 0. The highest BCUT2D eigenvalue weighted by Crippen LogP contribution is 2.17. The van der Waals surface area contributed by atoms with E-state index in [-0.39, 0.29) is 31.1 Å². The number of hydrogen-bond donors (Lipinski definition) is 0. The smallest absolute Gasteiger partial charge is 0.306 e. The largest absolute Gasteiger partial charge is 0.462 e. The van der Waals surface area contributed by atoms with Crippen molar-refractivity contribution >= 4 is 17.9 Å². The van der Waals surface area contributed by atoms with Crippen LogP contribution >= 0.6 is 0 Å². The van der Waals surface area contributed by atoms with Crippen LogP contribution in [0.5, 0.6) is 0 Å². The highest BCUT2D eigenvalue weighted by molar-refractivity contribution is 5.71. The van der Waals surface area contributed by atoms with Gasteiger partial charge in [-0.2, -0.15) is 0 Å². The molecular weight excluding hydrogens is 889 g/mol. The van der Waals surface area contributed by atoms with Crippen LogP contribution in [0.15, 0.2) is 72.9 Å². The molecule has 6 nitrogen and oxygen atoms in total. The summed E-state index contributed by atoms with van der Waals surface area (Å²) < 4.78 is 16.9. The Hall–Kier alpha value is -3.15. The zero-order valence-corrected chi connectivity index (χ0v) is 47.7. The molecular formula is C66H116O6. The highest BCUT2D eigenvalue weighted by atomic mass is 16.6. The minimum absolute atomic E-state index is 0.0857. The van der Waals surface area contributed by atoms with E-state index in [1.165, 1.54) is 173 Å². The summed E-state index contributed by atoms with van der Waals surface area (Å²) in [5.41, 5.74) is 0. The van der Waals surface area contributed by atoms with Crippen molar-refractivity contribution in [2.75, 3.05) is 13.2 Å². The third-order valence-electron chi connectivity index (χ3n) is 13.4. The lowest BCUT2D eigenvalue weighted by atomic mass is 10.0. The van der Waals surface area contributed by atoms with Gasteiger partial charge < -0.3 is 14.2 Å². The molecule has 0 aromatic carbocycles. The molecule has 0 unspecified atom stereocenters. The van der Waals surface area contributed by atoms with Gasteiger partial charge in [0.05, 0.1) is 0 Å². The SMILES string of the molecule is CC/C=C\C/C=C\C/C=C\C/C=C\C/C=C\CCCCCC(=O)OC[C@@H](COC(=O)CCCCCCCCC/C=C\CCCCCCCC)OC(=O)CCCCCCCCCCCCCCCCCCCC. The monoisotopic (exact) mass is 1000 g/mol. The first-order valence-corrected chi connectivity index (χ1v) is 30.9. The molecule has 0 aliphatic heterocycles. The normalized spacial score (nSPS) is 12.5. The third kappa shape index (κ3) is 57.7. The molecule has 0 amide bonds. The molecule has 1 atom stereocenters. The lowest BCUT2D eigenvalue weighted by Gasteiger charge is -2.18. The van der Waals surface area contributed by atoms with Crippen molar-refractivity contribution in [2.45, 2.75) is 316 Å². The second-order valence-corrected chi connectivity index (χ2v) is 20.6. The topological polar surface area (TPSA) is 78.9 Å². The maximum atomic E-state index is 12.9. The highest BCUT2D eigenvalue weighted by Gasteiger charge is 2.19. The van der Waals surface area contributed by atoms with Gasteiger partial charge in [0.15, 0.2) is 6.10 Å². The number of carbonyl (C=O) groups is 3. The molecule has 0 fully saturated rings. The average Bonchev–Trinajstić information content (AvgIpc) is 3.38. The summed E-state index contributed by atoms with van der Waals surface area (Å²) in [5.74, 6) is -0.908. The molecule has 0 rings (SSSR count). The van der Waals surface area contributed by atoms with Gasteiger partial charge in [0.25, 0.3) is 0 Å². The Labute approximate surface area is 446 Å². The maximum Gasteiger partial charge on any atom is 0.306 e. The number of ether oxygens (including phenoxy) is 3. The summed E-state index contributed by atoms with van der Waals surface area (Å²) in [4.78, 5) is 38.3. The second-order valence-electron chi connectivity index (χ2n) is 20.6. The van der Waals surface area contributed by atoms with E-state index >= 15 is 0 Å². The van der Waals surface area contributed by atoms with Crippen LogP contribution in [0.4, 0.5) is 0 Å². The molecule has 0 aliphatic rings. The standard InChI is InChI=1S/C66H116O6/c1-4-7-10-13-16-19-22-25-28-31-33-36-38-41-44-47-50-53-56-59-65(68)71-62-63(61-70-64(67)58-55-52-49-46-43-40-37-34-30-27-24-21-18-15-12-9-6-3)72-66(69)60-57-54-51-48-45-42-39-35-32-29-26-23-20-17-14-11-8-5-2/h7,10,16,19,25,27-28,30,33,36,41,44,63H,4-6,8-9,11-15,17-18,20-24,26,29,31-32,34-35,37-40,42-43,45-62H2,1-3H3/b10-7-,19-16-,28-25-,30-27-,36-33-,44-41-/t63-/m1/s1. The Kier molecular flexibility index (Phi) is 57.8. The molecule has 0 bridgehead atoms. The summed E-state index contributed by atoms with van der Waals surface area (Å²) in [7, 11) is 0. The van der Waals surface area contributed by atoms with Crippen LogP contribution in [0.3, 0.4) is 0 Å². The number of hydrogen-bond acceptors (Lipinski definition) is 6. The van der Waals surface area contributed by atoms with Gasteiger partial charge in [-0.05, 0) is 89.9 Å². The number of carbonyl (C=O) groups excluding carboxylic acids is 3. The van der Waals surface area contributed by atoms with Gasteiger partial charge in [0, 0.05) is 19.3 Å². The maximum absolute atomic E-state index is 12.9. The Morgan fingerprint density at radius 2 is 0.542 bits per heavy atom. The molecule has 0 radical (unpaired) electrons. The van der Waals surface area contributed by atoms with Gasteiger partial charge in [-0.3, -0.25) is 14.4 Å². The van der Waals surface area contributed by atoms with Crippen molar-refractivity contribution < 1.29 is 28.6 Å². The van der Waals surface area contributed by atoms with E-state index in [9.17, 15) is 14.4 Å². The Bertz CT molecular complexity index is 1340. The van der Waals surface area contributed by atoms with Gasteiger partial charge in [-0.25, -0.2) is 0 Å². The van der Waals surface area contributed by atoms with Gasteiger partial charge in [-0.15, -0.1) is 0 Å². The van der Waals surface area contributed by atoms with E-state index < -0.39 is 6.10 Å². The second kappa shape index (κ2) is 60.4. The van der Waals surface area contributed by atoms with Gasteiger partial charge in [-0.1, -0.05) is 273 Å². The molecule has 0 N–H and O–H groups in total. The Morgan fingerprint density at radius 3 is 0.875 bits per heavy atom. The molecule has 0 aliphatic carbocycles. The minimum atomic E-state index is -0.790. The zero-order valence-electron chi connectivity index (χ0n) is 47.7. The summed E-state index contributed by atoms with van der Waals surface area (Å²) in [5, 5.41) is 0. The molecule has 416 valence electrons. The lowest BCUT2D eigenvalue weighted by Crippen LogP contribution is -2.30. The van der Waals surface area contributed by atoms with Crippen molar-refractivity contribution in [3.8, 4) is 0 Å². The van der Waals surface area contributed by atoms with Crippen LogP contribution in [-0.2, 0) is 28.6 Å². The minimum Gasteiger partial charge on any atom is -0.462 e. The summed E-state index contributed by atoms with van der Waals surface area (Å²) >= 11 is 0. The summed E-state index contributed by atoms with van der Waals surface area (Å²) in [6.07, 6.45) is 77.5. The van der Waals surface area contributed by atoms with Crippen LogP contribution in [0, 0.1) is 0 Å². The fraction of sp³-hybridized carbons (Fsp3) is 0.773. The molecule has 72 heavy (non-hydrogen) atoms. The van der Waals surface area contributed by atoms with Crippen LogP contribution in [-0.4, -0.2) is 37.2 Å². The predicted molar refractivity (Wildman–Crippen MR) is 311 cm³/mol. The number of allylic oxidation sites excluding steroid dienone is 12. The average molecular weight is 1010 g/mol. The van der Waals surface area contributed by atoms with Gasteiger partial charge in [0.2, 0.25) is 0 Å². The van der Waals surface area contributed by atoms with Crippen molar-refractivity contribution in [2.24, 2.45) is 0 Å². The molecule has 6 heteroatoms. The van der Waals surface area contributed by atoms with Crippen molar-refractivity contribution in [1.29, 1.82) is 0 Å². The predicted octanol–water partition coefficient (Wildman–Crippen LogP) is 20.9. The molecule has 0 saturated carbocycles. The first-order valence-electron chi connectivity index (χ1n) is 30.9. The summed E-state index contributed by atoms with van der Waals surface area (Å²) in [6.45, 7) is 6.53. The molecule has 0 spiro atoms. The fourth-order valence-electron chi connectivity index (χ4n) is 8.82. The first-order chi connectivity index (χ1) is 35.5.